The molecule has 2 rings (SSSR count). The molecule has 0 radical (unpaired) electrons. The number of carboxylic acid groups (broad SMARTS) is 1. The molecule has 19 heavy (non-hydrogen) atoms. The van der Waals surface area contributed by atoms with Crippen LogP contribution in [0.2, 0.25) is 0 Å². The fourth-order valence-corrected chi connectivity index (χ4v) is 2.83. The summed E-state index contributed by atoms with van der Waals surface area (Å²) >= 11 is 0. The van der Waals surface area contributed by atoms with Gasteiger partial charge in [0.1, 0.15) is 6.54 Å². The van der Waals surface area contributed by atoms with Crippen molar-refractivity contribution < 1.29 is 19.4 Å². The summed E-state index contributed by atoms with van der Waals surface area (Å²) in [6, 6.07) is -0.347. The first-order chi connectivity index (χ1) is 9.01. The van der Waals surface area contributed by atoms with E-state index in [0.717, 1.165) is 25.7 Å². The molecule has 108 valence electrons. The van der Waals surface area contributed by atoms with Crippen molar-refractivity contribution in [1.29, 1.82) is 0 Å². The van der Waals surface area contributed by atoms with E-state index >= 15 is 0 Å². The normalized spacial score (nSPS) is 30.1. The van der Waals surface area contributed by atoms with Crippen LogP contribution in [0, 0.1) is 0 Å². The largest absolute Gasteiger partial charge is 0.480 e. The van der Waals surface area contributed by atoms with Gasteiger partial charge in [0.25, 0.3) is 0 Å². The Hall–Kier alpha value is -1.30. The molecular weight excluding hydrogens is 248 g/mol. The van der Waals surface area contributed by atoms with Gasteiger partial charge in [-0.1, -0.05) is 6.92 Å². The maximum absolute atomic E-state index is 12.2. The van der Waals surface area contributed by atoms with Crippen LogP contribution in [-0.2, 0) is 9.53 Å². The van der Waals surface area contributed by atoms with Crippen molar-refractivity contribution in [2.75, 3.05) is 6.54 Å². The third-order valence-corrected chi connectivity index (χ3v) is 4.10. The van der Waals surface area contributed by atoms with Gasteiger partial charge in [-0.25, -0.2) is 4.79 Å². The highest BCUT2D eigenvalue weighted by atomic mass is 16.5. The Morgan fingerprint density at radius 1 is 1.47 bits per heavy atom. The Morgan fingerprint density at radius 3 is 2.68 bits per heavy atom. The van der Waals surface area contributed by atoms with E-state index in [4.69, 9.17) is 9.84 Å². The quantitative estimate of drug-likeness (QED) is 0.787. The van der Waals surface area contributed by atoms with Crippen LogP contribution in [0.4, 0.5) is 4.79 Å². The van der Waals surface area contributed by atoms with Crippen molar-refractivity contribution in [2.24, 2.45) is 0 Å². The van der Waals surface area contributed by atoms with E-state index in [1.807, 2.05) is 13.8 Å². The molecule has 4 unspecified atom stereocenters. The zero-order valence-electron chi connectivity index (χ0n) is 11.5. The van der Waals surface area contributed by atoms with Gasteiger partial charge < -0.3 is 20.1 Å². The lowest BCUT2D eigenvalue weighted by molar-refractivity contribution is -0.138. The van der Waals surface area contributed by atoms with E-state index in [-0.39, 0.29) is 36.9 Å². The Morgan fingerprint density at radius 2 is 2.21 bits per heavy atom. The van der Waals surface area contributed by atoms with Crippen LogP contribution in [0.1, 0.15) is 39.5 Å². The second-order valence-electron chi connectivity index (χ2n) is 5.44. The lowest BCUT2D eigenvalue weighted by Crippen LogP contribution is -2.52. The van der Waals surface area contributed by atoms with E-state index in [1.54, 1.807) is 0 Å². The molecule has 0 aliphatic carbocycles. The van der Waals surface area contributed by atoms with Crippen LogP contribution in [-0.4, -0.2) is 52.8 Å². The summed E-state index contributed by atoms with van der Waals surface area (Å²) in [5.74, 6) is -0.986. The average Bonchev–Trinajstić information content (AvgIpc) is 2.96. The summed E-state index contributed by atoms with van der Waals surface area (Å²) in [7, 11) is 0. The number of fused-ring (bicyclic) bond motifs is 2. The summed E-state index contributed by atoms with van der Waals surface area (Å²) in [5, 5.41) is 11.8. The maximum Gasteiger partial charge on any atom is 0.323 e. The first kappa shape index (κ1) is 14.1. The molecule has 2 fully saturated rings. The SMILES string of the molecule is CCC(C)N(CC(=O)O)C(=O)NC1CC2CCC1O2. The molecule has 0 aromatic rings. The minimum Gasteiger partial charge on any atom is -0.480 e. The van der Waals surface area contributed by atoms with Crippen LogP contribution in [0.5, 0.6) is 0 Å². The number of ether oxygens (including phenoxy) is 1. The van der Waals surface area contributed by atoms with Gasteiger partial charge >= 0.3 is 12.0 Å². The Kier molecular flexibility index (Phi) is 4.29. The van der Waals surface area contributed by atoms with Crippen molar-refractivity contribution in [3.8, 4) is 0 Å². The molecule has 0 aromatic carbocycles. The van der Waals surface area contributed by atoms with Crippen molar-refractivity contribution in [1.82, 2.24) is 10.2 Å². The van der Waals surface area contributed by atoms with Gasteiger partial charge in [0.05, 0.1) is 18.2 Å². The lowest BCUT2D eigenvalue weighted by Gasteiger charge is -2.30. The van der Waals surface area contributed by atoms with Crippen LogP contribution < -0.4 is 5.32 Å². The number of amides is 2. The Bertz CT molecular complexity index is 361. The number of rotatable bonds is 5. The maximum atomic E-state index is 12.2. The monoisotopic (exact) mass is 270 g/mol. The second kappa shape index (κ2) is 5.77. The average molecular weight is 270 g/mol. The molecule has 2 aliphatic rings. The smallest absolute Gasteiger partial charge is 0.323 e. The summed E-state index contributed by atoms with van der Waals surface area (Å²) in [6.07, 6.45) is 4.01. The molecule has 4 atom stereocenters. The van der Waals surface area contributed by atoms with Crippen LogP contribution in [0.3, 0.4) is 0 Å². The van der Waals surface area contributed by atoms with Gasteiger partial charge in [-0.3, -0.25) is 4.79 Å². The number of nitrogens with zero attached hydrogens (tertiary/aromatic N) is 1. The predicted molar refractivity (Wildman–Crippen MR) is 68.9 cm³/mol. The third-order valence-electron chi connectivity index (χ3n) is 4.10. The van der Waals surface area contributed by atoms with Gasteiger partial charge in [0, 0.05) is 6.04 Å². The summed E-state index contributed by atoms with van der Waals surface area (Å²) < 4.78 is 5.68. The number of hydrogen-bond acceptors (Lipinski definition) is 3. The molecule has 2 amide bonds. The van der Waals surface area contributed by atoms with Gasteiger partial charge in [-0.15, -0.1) is 0 Å². The standard InChI is InChI=1S/C13H22N2O4/c1-3-8(2)15(7-12(16)17)13(18)14-10-6-9-4-5-11(10)19-9/h8-11H,3-7H2,1-2H3,(H,14,18)(H,16,17). The van der Waals surface area contributed by atoms with Gasteiger partial charge in [-0.2, -0.15) is 0 Å². The van der Waals surface area contributed by atoms with Crippen LogP contribution in [0.15, 0.2) is 0 Å². The Labute approximate surface area is 113 Å². The van der Waals surface area contributed by atoms with Crippen molar-refractivity contribution in [2.45, 2.75) is 63.8 Å². The molecular formula is C13H22N2O4. The van der Waals surface area contributed by atoms with Crippen molar-refractivity contribution in [3.63, 3.8) is 0 Å². The molecule has 2 heterocycles. The summed E-state index contributed by atoms with van der Waals surface area (Å²) in [6.45, 7) is 3.54. The first-order valence-corrected chi connectivity index (χ1v) is 6.95. The third kappa shape index (κ3) is 3.18. The molecule has 2 aliphatic heterocycles. The number of aliphatic carboxylic acids is 1. The van der Waals surface area contributed by atoms with Gasteiger partial charge in [0.2, 0.25) is 0 Å². The van der Waals surface area contributed by atoms with Gasteiger partial charge in [0.15, 0.2) is 0 Å². The molecule has 6 heteroatoms. The second-order valence-corrected chi connectivity index (χ2v) is 5.44. The van der Waals surface area contributed by atoms with Crippen molar-refractivity contribution in [3.05, 3.63) is 0 Å². The van der Waals surface area contributed by atoms with E-state index < -0.39 is 5.97 Å². The highest BCUT2D eigenvalue weighted by Gasteiger charge is 2.42. The summed E-state index contributed by atoms with van der Waals surface area (Å²) in [4.78, 5) is 24.4. The molecule has 2 N–H and O–H groups in total. The predicted octanol–water partition coefficient (Wildman–Crippen LogP) is 1.20. The zero-order valence-corrected chi connectivity index (χ0v) is 11.5. The molecule has 0 saturated carbocycles. The topological polar surface area (TPSA) is 78.9 Å². The Balaban J connectivity index is 1.93. The molecule has 2 saturated heterocycles. The fraction of sp³-hybridized carbons (Fsp3) is 0.846. The minimum atomic E-state index is -0.986. The molecule has 6 nitrogen and oxygen atoms in total. The van der Waals surface area contributed by atoms with Crippen molar-refractivity contribution >= 4 is 12.0 Å². The fourth-order valence-electron chi connectivity index (χ4n) is 2.83. The van der Waals surface area contributed by atoms with E-state index in [1.165, 1.54) is 4.90 Å². The van der Waals surface area contributed by atoms with Crippen LogP contribution in [0.25, 0.3) is 0 Å². The number of nitrogens with one attached hydrogen (secondary N) is 1. The highest BCUT2D eigenvalue weighted by Crippen LogP contribution is 2.34. The lowest BCUT2D eigenvalue weighted by atomic mass is 9.96. The van der Waals surface area contributed by atoms with E-state index in [9.17, 15) is 9.59 Å². The number of hydrogen-bond donors (Lipinski definition) is 2. The highest BCUT2D eigenvalue weighted by molar-refractivity contribution is 5.80. The molecule has 0 aromatic heterocycles. The number of urea groups is 1. The molecule has 2 bridgehead atoms. The number of carbonyl (C=O) groups is 2. The van der Waals surface area contributed by atoms with Gasteiger partial charge in [-0.05, 0) is 32.6 Å². The number of carboxylic acids is 1. The zero-order chi connectivity index (χ0) is 14.0. The van der Waals surface area contributed by atoms with E-state index in [0.29, 0.717) is 0 Å². The number of carbonyl (C=O) groups excluding carboxylic acids is 1. The van der Waals surface area contributed by atoms with Crippen LogP contribution >= 0.6 is 0 Å². The van der Waals surface area contributed by atoms with E-state index in [2.05, 4.69) is 5.32 Å². The summed E-state index contributed by atoms with van der Waals surface area (Å²) in [5.41, 5.74) is 0. The first-order valence-electron chi connectivity index (χ1n) is 6.95. The molecule has 0 spiro atoms. The minimum absolute atomic E-state index is 0.0339.